The van der Waals surface area contributed by atoms with Gasteiger partial charge in [0.1, 0.15) is 6.17 Å². The Balaban J connectivity index is 1.42. The van der Waals surface area contributed by atoms with Gasteiger partial charge in [0.05, 0.1) is 17.7 Å². The van der Waals surface area contributed by atoms with Gasteiger partial charge in [-0.3, -0.25) is 14.5 Å². The van der Waals surface area contributed by atoms with Gasteiger partial charge in [0, 0.05) is 24.0 Å². The molecule has 1 atom stereocenters. The average molecular weight is 387 g/mol. The Morgan fingerprint density at radius 2 is 2.07 bits per heavy atom. The molecule has 1 fully saturated rings. The summed E-state index contributed by atoms with van der Waals surface area (Å²) in [6.07, 6.45) is 3.85. The quantitative estimate of drug-likeness (QED) is 0.800. The van der Waals surface area contributed by atoms with E-state index in [1.807, 2.05) is 17.5 Å². The summed E-state index contributed by atoms with van der Waals surface area (Å²) in [5.41, 5.74) is 0.361. The maximum atomic E-state index is 13.6. The van der Waals surface area contributed by atoms with E-state index >= 15 is 0 Å². The number of rotatable bonds is 3. The normalized spacial score (nSPS) is 23.2. The maximum absolute atomic E-state index is 13.6. The largest absolute Gasteiger partial charge is 0.351 e. The lowest BCUT2D eigenvalue weighted by Crippen LogP contribution is -2.53. The first-order valence-electron chi connectivity index (χ1n) is 8.84. The smallest absolute Gasteiger partial charge is 0.342 e. The molecule has 0 N–H and O–H groups in total. The van der Waals surface area contributed by atoms with Crippen LogP contribution in [0.4, 0.5) is 9.18 Å². The second-order valence-electron chi connectivity index (χ2n) is 6.71. The van der Waals surface area contributed by atoms with Crippen molar-refractivity contribution in [3.8, 4) is 0 Å². The zero-order valence-corrected chi connectivity index (χ0v) is 15.3. The third kappa shape index (κ3) is 3.49. The van der Waals surface area contributed by atoms with Crippen molar-refractivity contribution in [1.29, 1.82) is 0 Å². The van der Waals surface area contributed by atoms with Crippen molar-refractivity contribution in [3.05, 3.63) is 46.2 Å². The van der Waals surface area contributed by atoms with Crippen LogP contribution < -0.4 is 0 Å². The van der Waals surface area contributed by atoms with Crippen LogP contribution in [-0.4, -0.2) is 58.7 Å². The number of urea groups is 1. The third-order valence-corrected chi connectivity index (χ3v) is 5.88. The predicted molar refractivity (Wildman–Crippen MR) is 99.4 cm³/mol. The molecule has 3 heterocycles. The Labute approximate surface area is 159 Å². The molecule has 1 aromatic rings. The molecule has 4 amide bonds. The summed E-state index contributed by atoms with van der Waals surface area (Å²) < 4.78 is 13.6. The number of nitrogens with zero attached hydrogens (tertiary/aromatic N) is 3. The average Bonchev–Trinajstić information content (AvgIpc) is 3.16. The molecule has 6 nitrogen and oxygen atoms in total. The SMILES string of the molecule is O=C(Cc1cccs1)N1CCC(N2C(=O)N=C3C=CC(F)C=C3C2=O)CC1. The molecule has 0 aromatic carbocycles. The summed E-state index contributed by atoms with van der Waals surface area (Å²) in [5, 5.41) is 1.94. The fourth-order valence-corrected chi connectivity index (χ4v) is 4.29. The van der Waals surface area contributed by atoms with E-state index in [1.165, 1.54) is 18.2 Å². The van der Waals surface area contributed by atoms with Crippen molar-refractivity contribution in [2.75, 3.05) is 13.1 Å². The number of imide groups is 1. The Kier molecular flexibility index (Phi) is 4.73. The van der Waals surface area contributed by atoms with Gasteiger partial charge in [-0.15, -0.1) is 11.3 Å². The van der Waals surface area contributed by atoms with E-state index in [0.717, 1.165) is 9.78 Å². The Bertz CT molecular complexity index is 867. The fraction of sp³-hybridized carbons (Fsp3) is 0.368. The van der Waals surface area contributed by atoms with Crippen LogP contribution in [0.25, 0.3) is 0 Å². The molecular weight excluding hydrogens is 369 g/mol. The van der Waals surface area contributed by atoms with Crippen LogP contribution in [0, 0.1) is 0 Å². The van der Waals surface area contributed by atoms with Gasteiger partial charge in [0.2, 0.25) is 5.91 Å². The lowest BCUT2D eigenvalue weighted by molar-refractivity contribution is -0.132. The Morgan fingerprint density at radius 3 is 2.78 bits per heavy atom. The van der Waals surface area contributed by atoms with Crippen molar-refractivity contribution in [2.24, 2.45) is 4.99 Å². The van der Waals surface area contributed by atoms with Crippen LogP contribution in [0.5, 0.6) is 0 Å². The minimum absolute atomic E-state index is 0.0490. The van der Waals surface area contributed by atoms with E-state index < -0.39 is 18.1 Å². The molecule has 0 radical (unpaired) electrons. The molecule has 1 saturated heterocycles. The molecule has 0 spiro atoms. The summed E-state index contributed by atoms with van der Waals surface area (Å²) >= 11 is 1.55. The summed E-state index contributed by atoms with van der Waals surface area (Å²) in [7, 11) is 0. The van der Waals surface area contributed by atoms with Crippen LogP contribution in [0.2, 0.25) is 0 Å². The van der Waals surface area contributed by atoms with E-state index in [9.17, 15) is 18.8 Å². The van der Waals surface area contributed by atoms with Crippen LogP contribution in [0.1, 0.15) is 17.7 Å². The highest BCUT2D eigenvalue weighted by molar-refractivity contribution is 7.10. The highest BCUT2D eigenvalue weighted by Gasteiger charge is 2.39. The molecule has 140 valence electrons. The van der Waals surface area contributed by atoms with Gasteiger partial charge in [-0.2, -0.15) is 4.99 Å². The summed E-state index contributed by atoms with van der Waals surface area (Å²) in [6.45, 7) is 0.959. The number of hydrogen-bond donors (Lipinski definition) is 0. The minimum atomic E-state index is -1.35. The highest BCUT2D eigenvalue weighted by Crippen LogP contribution is 2.26. The number of halogens is 1. The number of fused-ring (bicyclic) bond motifs is 1. The molecular formula is C19H18FN3O3S. The standard InChI is InChI=1S/C19H18FN3O3S/c20-12-3-4-16-15(10-12)18(25)23(19(26)21-16)13-5-7-22(8-6-13)17(24)11-14-2-1-9-27-14/h1-4,9-10,12-13H,5-8,11H2. The summed E-state index contributed by atoms with van der Waals surface area (Å²) in [5.74, 6) is -0.451. The maximum Gasteiger partial charge on any atom is 0.351 e. The van der Waals surface area contributed by atoms with Crippen molar-refractivity contribution in [2.45, 2.75) is 31.5 Å². The Hall–Kier alpha value is -2.61. The second kappa shape index (κ2) is 7.19. The zero-order valence-electron chi connectivity index (χ0n) is 14.5. The number of hydrogen-bond acceptors (Lipinski definition) is 4. The number of thiophene rings is 1. The molecule has 1 unspecified atom stereocenters. The molecule has 1 aliphatic carbocycles. The third-order valence-electron chi connectivity index (χ3n) is 5.00. The van der Waals surface area contributed by atoms with Crippen LogP contribution >= 0.6 is 11.3 Å². The van der Waals surface area contributed by atoms with Crippen LogP contribution in [0.15, 0.2) is 46.3 Å². The molecule has 2 aliphatic heterocycles. The Morgan fingerprint density at radius 1 is 1.30 bits per heavy atom. The number of piperidine rings is 1. The molecule has 8 heteroatoms. The monoisotopic (exact) mass is 387 g/mol. The van der Waals surface area contributed by atoms with Crippen molar-refractivity contribution in [1.82, 2.24) is 9.80 Å². The van der Waals surface area contributed by atoms with Gasteiger partial charge in [-0.25, -0.2) is 9.18 Å². The van der Waals surface area contributed by atoms with Gasteiger partial charge in [-0.1, -0.05) is 6.07 Å². The minimum Gasteiger partial charge on any atom is -0.342 e. The number of carbonyl (C=O) groups is 3. The summed E-state index contributed by atoms with van der Waals surface area (Å²) in [6, 6.07) is 2.91. The molecule has 4 rings (SSSR count). The number of carbonyl (C=O) groups excluding carboxylic acids is 3. The van der Waals surface area contributed by atoms with Gasteiger partial charge < -0.3 is 4.90 Å². The lowest BCUT2D eigenvalue weighted by Gasteiger charge is -2.38. The first-order valence-corrected chi connectivity index (χ1v) is 9.72. The van der Waals surface area contributed by atoms with Crippen LogP contribution in [0.3, 0.4) is 0 Å². The van der Waals surface area contributed by atoms with Crippen molar-refractivity contribution >= 4 is 34.9 Å². The lowest BCUT2D eigenvalue weighted by atomic mass is 9.96. The number of aliphatic imine (C=N–C) groups is 1. The van der Waals surface area contributed by atoms with E-state index in [-0.39, 0.29) is 23.2 Å². The second-order valence-corrected chi connectivity index (χ2v) is 7.74. The first-order chi connectivity index (χ1) is 13.0. The first kappa shape index (κ1) is 17.8. The molecule has 3 aliphatic rings. The molecule has 0 saturated carbocycles. The number of alkyl halides is 1. The number of amides is 4. The van der Waals surface area contributed by atoms with Crippen molar-refractivity contribution < 1.29 is 18.8 Å². The molecule has 27 heavy (non-hydrogen) atoms. The highest BCUT2D eigenvalue weighted by atomic mass is 32.1. The van der Waals surface area contributed by atoms with Crippen molar-refractivity contribution in [3.63, 3.8) is 0 Å². The number of allylic oxidation sites excluding steroid dienone is 3. The van der Waals surface area contributed by atoms with E-state index in [0.29, 0.717) is 32.4 Å². The molecule has 1 aromatic heterocycles. The van der Waals surface area contributed by atoms with E-state index in [1.54, 1.807) is 16.2 Å². The zero-order chi connectivity index (χ0) is 19.0. The van der Waals surface area contributed by atoms with Gasteiger partial charge in [-0.05, 0) is 42.5 Å². The van der Waals surface area contributed by atoms with Crippen LogP contribution in [-0.2, 0) is 16.0 Å². The topological polar surface area (TPSA) is 70.1 Å². The van der Waals surface area contributed by atoms with Gasteiger partial charge in [0.25, 0.3) is 5.91 Å². The summed E-state index contributed by atoms with van der Waals surface area (Å²) in [4.78, 5) is 45.3. The van der Waals surface area contributed by atoms with Gasteiger partial charge >= 0.3 is 6.03 Å². The van der Waals surface area contributed by atoms with Gasteiger partial charge in [0.15, 0.2) is 0 Å². The molecule has 0 bridgehead atoms. The van der Waals surface area contributed by atoms with E-state index in [4.69, 9.17) is 0 Å². The number of likely N-dealkylation sites (tertiary alicyclic amines) is 1. The fourth-order valence-electron chi connectivity index (χ4n) is 3.59. The van der Waals surface area contributed by atoms with E-state index in [2.05, 4.69) is 4.99 Å². The predicted octanol–water partition coefficient (Wildman–Crippen LogP) is 2.52.